The van der Waals surface area contributed by atoms with E-state index in [9.17, 15) is 13.2 Å². The lowest BCUT2D eigenvalue weighted by molar-refractivity contribution is -0.274. The summed E-state index contributed by atoms with van der Waals surface area (Å²) in [6.07, 6.45) is -4.02. The molecule has 1 aromatic rings. The number of halogens is 4. The molecular formula is C10H10ClF3O. The molecule has 0 radical (unpaired) electrons. The fraction of sp³-hybridized carbons (Fsp3) is 0.400. The lowest BCUT2D eigenvalue weighted by Gasteiger charge is -2.11. The van der Waals surface area contributed by atoms with E-state index in [1.807, 2.05) is 6.92 Å². The molecule has 0 heterocycles. The molecule has 0 aromatic heterocycles. The molecule has 0 atom stereocenters. The van der Waals surface area contributed by atoms with Gasteiger partial charge in [0.05, 0.1) is 0 Å². The van der Waals surface area contributed by atoms with Gasteiger partial charge in [-0.15, -0.1) is 24.8 Å². The smallest absolute Gasteiger partial charge is 0.406 e. The van der Waals surface area contributed by atoms with E-state index < -0.39 is 6.36 Å². The number of alkyl halides is 4. The Bertz CT molecular complexity index is 336. The molecule has 0 aliphatic rings. The fourth-order valence-corrected chi connectivity index (χ4v) is 1.52. The third-order valence-corrected chi connectivity index (χ3v) is 2.22. The van der Waals surface area contributed by atoms with Crippen molar-refractivity contribution in [1.82, 2.24) is 0 Å². The molecule has 0 bridgehead atoms. The average Bonchev–Trinajstić information content (AvgIpc) is 2.15. The van der Waals surface area contributed by atoms with Gasteiger partial charge in [0.1, 0.15) is 5.75 Å². The Morgan fingerprint density at radius 1 is 1.27 bits per heavy atom. The summed E-state index contributed by atoms with van der Waals surface area (Å²) in [5.74, 6) is 0.0864. The van der Waals surface area contributed by atoms with Gasteiger partial charge in [-0.05, 0) is 29.7 Å². The van der Waals surface area contributed by atoms with Gasteiger partial charge in [-0.2, -0.15) is 0 Å². The van der Waals surface area contributed by atoms with E-state index >= 15 is 0 Å². The second-order valence-corrected chi connectivity index (χ2v) is 3.23. The second kappa shape index (κ2) is 4.75. The molecule has 0 N–H and O–H groups in total. The first-order valence-corrected chi connectivity index (χ1v) is 4.93. The highest BCUT2D eigenvalue weighted by Gasteiger charge is 2.31. The van der Waals surface area contributed by atoms with Crippen molar-refractivity contribution in [2.45, 2.75) is 25.6 Å². The Morgan fingerprint density at radius 3 is 2.40 bits per heavy atom. The van der Waals surface area contributed by atoms with Crippen molar-refractivity contribution >= 4 is 11.6 Å². The molecule has 0 saturated heterocycles. The summed E-state index contributed by atoms with van der Waals surface area (Å²) in [6, 6.07) is 4.18. The zero-order valence-corrected chi connectivity index (χ0v) is 8.82. The fourth-order valence-electron chi connectivity index (χ4n) is 1.26. The SMILES string of the molecule is CCc1cc(OC(F)(F)F)ccc1CCl. The van der Waals surface area contributed by atoms with Crippen LogP contribution in [0.25, 0.3) is 0 Å². The molecule has 1 aromatic carbocycles. The maximum Gasteiger partial charge on any atom is 0.573 e. The number of hydrogen-bond acceptors (Lipinski definition) is 1. The van der Waals surface area contributed by atoms with Gasteiger partial charge >= 0.3 is 6.36 Å². The van der Waals surface area contributed by atoms with Crippen LogP contribution in [0.4, 0.5) is 13.2 Å². The van der Waals surface area contributed by atoms with E-state index in [2.05, 4.69) is 4.74 Å². The highest BCUT2D eigenvalue weighted by atomic mass is 35.5. The summed E-state index contributed by atoms with van der Waals surface area (Å²) in [5, 5.41) is 0. The summed E-state index contributed by atoms with van der Waals surface area (Å²) in [5.41, 5.74) is 1.60. The minimum atomic E-state index is -4.65. The average molecular weight is 239 g/mol. The maximum absolute atomic E-state index is 11.9. The highest BCUT2D eigenvalue weighted by Crippen LogP contribution is 2.25. The van der Waals surface area contributed by atoms with Crippen molar-refractivity contribution in [3.05, 3.63) is 29.3 Å². The second-order valence-electron chi connectivity index (χ2n) is 2.97. The molecule has 1 nitrogen and oxygen atoms in total. The summed E-state index contributed by atoms with van der Waals surface area (Å²) in [6.45, 7) is 1.85. The maximum atomic E-state index is 11.9. The Morgan fingerprint density at radius 2 is 1.93 bits per heavy atom. The summed E-state index contributed by atoms with van der Waals surface area (Å²) >= 11 is 5.63. The summed E-state index contributed by atoms with van der Waals surface area (Å²) < 4.78 is 39.5. The Hall–Kier alpha value is -0.900. The standard InChI is InChI=1S/C10H10ClF3O/c1-2-7-5-9(15-10(12,13)14)4-3-8(7)6-11/h3-5H,2,6H2,1H3. The Labute approximate surface area is 90.8 Å². The third kappa shape index (κ3) is 3.63. The van der Waals surface area contributed by atoms with Crippen LogP contribution in [0.3, 0.4) is 0 Å². The van der Waals surface area contributed by atoms with Crippen LogP contribution in [-0.2, 0) is 12.3 Å². The number of hydrogen-bond donors (Lipinski definition) is 0. The Kier molecular flexibility index (Phi) is 3.85. The van der Waals surface area contributed by atoms with Gasteiger partial charge in [-0.25, -0.2) is 0 Å². The van der Waals surface area contributed by atoms with Gasteiger partial charge in [0.2, 0.25) is 0 Å². The van der Waals surface area contributed by atoms with Crippen LogP contribution < -0.4 is 4.74 Å². The first-order valence-electron chi connectivity index (χ1n) is 4.39. The van der Waals surface area contributed by atoms with Gasteiger partial charge < -0.3 is 4.74 Å². The topological polar surface area (TPSA) is 9.23 Å². The zero-order valence-electron chi connectivity index (χ0n) is 8.07. The van der Waals surface area contributed by atoms with Crippen molar-refractivity contribution in [3.8, 4) is 5.75 Å². The molecule has 0 aliphatic heterocycles. The molecule has 5 heteroatoms. The van der Waals surface area contributed by atoms with Gasteiger partial charge in [0.25, 0.3) is 0 Å². The molecule has 0 aliphatic carbocycles. The van der Waals surface area contributed by atoms with Crippen molar-refractivity contribution < 1.29 is 17.9 Å². The first-order chi connectivity index (χ1) is 6.96. The van der Waals surface area contributed by atoms with Gasteiger partial charge in [0, 0.05) is 5.88 Å². The molecule has 0 fully saturated rings. The predicted octanol–water partition coefficient (Wildman–Crippen LogP) is 3.89. The lowest BCUT2D eigenvalue weighted by Crippen LogP contribution is -2.17. The van der Waals surface area contributed by atoms with Crippen LogP contribution in [0.15, 0.2) is 18.2 Å². The molecule has 0 amide bonds. The number of rotatable bonds is 3. The largest absolute Gasteiger partial charge is 0.573 e. The van der Waals surface area contributed by atoms with Gasteiger partial charge in [0.15, 0.2) is 0 Å². The van der Waals surface area contributed by atoms with Crippen LogP contribution >= 0.6 is 11.6 Å². The summed E-state index contributed by atoms with van der Waals surface area (Å²) in [7, 11) is 0. The monoisotopic (exact) mass is 238 g/mol. The van der Waals surface area contributed by atoms with Crippen LogP contribution in [-0.4, -0.2) is 6.36 Å². The number of aryl methyl sites for hydroxylation is 1. The van der Waals surface area contributed by atoms with Gasteiger partial charge in [-0.1, -0.05) is 13.0 Å². The van der Waals surface area contributed by atoms with Crippen LogP contribution in [0.5, 0.6) is 5.75 Å². The van der Waals surface area contributed by atoms with Crippen molar-refractivity contribution in [3.63, 3.8) is 0 Å². The van der Waals surface area contributed by atoms with E-state index in [-0.39, 0.29) is 11.6 Å². The lowest BCUT2D eigenvalue weighted by atomic mass is 10.1. The number of benzene rings is 1. The highest BCUT2D eigenvalue weighted by molar-refractivity contribution is 6.17. The van der Waals surface area contributed by atoms with Crippen molar-refractivity contribution in [2.75, 3.05) is 0 Å². The molecule has 0 spiro atoms. The van der Waals surface area contributed by atoms with E-state index in [1.54, 1.807) is 6.07 Å². The molecule has 0 saturated carbocycles. The predicted molar refractivity (Wildman–Crippen MR) is 52.1 cm³/mol. The minimum absolute atomic E-state index is 0.201. The van der Waals surface area contributed by atoms with Gasteiger partial charge in [-0.3, -0.25) is 0 Å². The first kappa shape index (κ1) is 12.2. The Balaban J connectivity index is 2.93. The normalized spacial score (nSPS) is 11.5. The van der Waals surface area contributed by atoms with Crippen LogP contribution in [0.2, 0.25) is 0 Å². The van der Waals surface area contributed by atoms with E-state index in [0.717, 1.165) is 11.1 Å². The zero-order chi connectivity index (χ0) is 11.5. The molecular weight excluding hydrogens is 229 g/mol. The van der Waals surface area contributed by atoms with Crippen molar-refractivity contribution in [1.29, 1.82) is 0 Å². The third-order valence-electron chi connectivity index (χ3n) is 1.94. The minimum Gasteiger partial charge on any atom is -0.406 e. The van der Waals surface area contributed by atoms with Crippen molar-refractivity contribution in [2.24, 2.45) is 0 Å². The van der Waals surface area contributed by atoms with E-state index in [4.69, 9.17) is 11.6 Å². The molecule has 1 rings (SSSR count). The molecule has 0 unspecified atom stereocenters. The number of ether oxygens (including phenoxy) is 1. The quantitative estimate of drug-likeness (QED) is 0.726. The van der Waals surface area contributed by atoms with Crippen LogP contribution in [0.1, 0.15) is 18.1 Å². The van der Waals surface area contributed by atoms with E-state index in [0.29, 0.717) is 6.42 Å². The van der Waals surface area contributed by atoms with E-state index in [1.165, 1.54) is 12.1 Å². The molecule has 84 valence electrons. The van der Waals surface area contributed by atoms with Crippen LogP contribution in [0, 0.1) is 0 Å². The molecule has 15 heavy (non-hydrogen) atoms. The summed E-state index contributed by atoms with van der Waals surface area (Å²) in [4.78, 5) is 0.